The molecule has 0 radical (unpaired) electrons. The van der Waals surface area contributed by atoms with Gasteiger partial charge in [-0.3, -0.25) is 9.69 Å². The van der Waals surface area contributed by atoms with Crippen LogP contribution in [0.3, 0.4) is 0 Å². The lowest BCUT2D eigenvalue weighted by molar-refractivity contribution is -0.117. The van der Waals surface area contributed by atoms with Crippen molar-refractivity contribution in [1.82, 2.24) is 4.90 Å². The number of ether oxygens (including phenoxy) is 1. The molecule has 0 spiro atoms. The molecule has 1 N–H and O–H groups in total. The molecule has 0 aliphatic rings. The second-order valence-corrected chi connectivity index (χ2v) is 6.91. The molecule has 1 amide bonds. The Balaban J connectivity index is 2.10. The zero-order valence-electron chi connectivity index (χ0n) is 16.1. The lowest BCUT2D eigenvalue weighted by atomic mass is 10.1. The highest BCUT2D eigenvalue weighted by Crippen LogP contribution is 2.28. The van der Waals surface area contributed by atoms with Crippen molar-refractivity contribution in [1.29, 1.82) is 0 Å². The van der Waals surface area contributed by atoms with Crippen LogP contribution in [0.2, 0.25) is 5.02 Å². The number of rotatable bonds is 7. The van der Waals surface area contributed by atoms with Crippen LogP contribution in [0.15, 0.2) is 36.4 Å². The summed E-state index contributed by atoms with van der Waals surface area (Å²) >= 11 is 6.30. The largest absolute Gasteiger partial charge is 0.497 e. The normalized spacial score (nSPS) is 12.1. The lowest BCUT2D eigenvalue weighted by Crippen LogP contribution is -2.35. The molecular formula is C21H27ClN2O2. The number of carbonyl (C=O) groups is 1. The van der Waals surface area contributed by atoms with Gasteiger partial charge in [-0.05, 0) is 62.2 Å². The summed E-state index contributed by atoms with van der Waals surface area (Å²) in [6.45, 7) is 9.12. The van der Waals surface area contributed by atoms with E-state index < -0.39 is 0 Å². The van der Waals surface area contributed by atoms with Gasteiger partial charge in [0.1, 0.15) is 5.75 Å². The van der Waals surface area contributed by atoms with Crippen LogP contribution in [-0.2, 0) is 4.79 Å². The predicted octanol–water partition coefficient (Wildman–Crippen LogP) is 4.99. The maximum absolute atomic E-state index is 12.6. The van der Waals surface area contributed by atoms with Crippen LogP contribution >= 0.6 is 11.6 Å². The van der Waals surface area contributed by atoms with Crippen molar-refractivity contribution in [3.8, 4) is 5.75 Å². The molecule has 0 saturated carbocycles. The summed E-state index contributed by atoms with van der Waals surface area (Å²) in [5.41, 5.74) is 3.84. The van der Waals surface area contributed by atoms with Gasteiger partial charge < -0.3 is 10.1 Å². The molecule has 2 aromatic rings. The number of hydrogen-bond donors (Lipinski definition) is 1. The Hall–Kier alpha value is -2.04. The lowest BCUT2D eigenvalue weighted by Gasteiger charge is -2.28. The zero-order chi connectivity index (χ0) is 19.3. The van der Waals surface area contributed by atoms with E-state index in [-0.39, 0.29) is 11.9 Å². The summed E-state index contributed by atoms with van der Waals surface area (Å²) in [6, 6.07) is 11.9. The average molecular weight is 375 g/mol. The summed E-state index contributed by atoms with van der Waals surface area (Å²) in [5.74, 6) is 0.743. The highest BCUT2D eigenvalue weighted by atomic mass is 35.5. The van der Waals surface area contributed by atoms with Gasteiger partial charge in [0.05, 0.1) is 24.4 Å². The fourth-order valence-electron chi connectivity index (χ4n) is 3.07. The standard InChI is InChI=1S/C21H27ClN2O2/c1-6-24(16(4)17-8-7-9-18(12-17)26-5)13-20(25)23-21-15(3)10-14(2)11-19(21)22/h7-12,16H,6,13H2,1-5H3,(H,23,25)/t16-/m0/s1. The molecule has 0 unspecified atom stereocenters. The Morgan fingerprint density at radius 2 is 2.00 bits per heavy atom. The molecule has 0 aromatic heterocycles. The SMILES string of the molecule is CCN(CC(=O)Nc1c(C)cc(C)cc1Cl)[C@@H](C)c1cccc(OC)c1. The maximum Gasteiger partial charge on any atom is 0.238 e. The van der Waals surface area contributed by atoms with Crippen LogP contribution in [0.4, 0.5) is 5.69 Å². The molecule has 140 valence electrons. The van der Waals surface area contributed by atoms with E-state index >= 15 is 0 Å². The Kier molecular flexibility index (Phi) is 7.06. The Morgan fingerprint density at radius 1 is 1.27 bits per heavy atom. The molecule has 0 heterocycles. The predicted molar refractivity (Wildman–Crippen MR) is 108 cm³/mol. The van der Waals surface area contributed by atoms with Crippen molar-refractivity contribution in [3.63, 3.8) is 0 Å². The molecule has 0 bridgehead atoms. The number of aryl methyl sites for hydroxylation is 2. The van der Waals surface area contributed by atoms with Crippen molar-refractivity contribution in [2.45, 2.75) is 33.7 Å². The van der Waals surface area contributed by atoms with Crippen molar-refractivity contribution in [2.24, 2.45) is 0 Å². The highest BCUT2D eigenvalue weighted by Gasteiger charge is 2.19. The number of nitrogens with one attached hydrogen (secondary N) is 1. The van der Waals surface area contributed by atoms with Gasteiger partial charge in [0.2, 0.25) is 5.91 Å². The van der Waals surface area contributed by atoms with E-state index in [0.29, 0.717) is 17.3 Å². The third-order valence-electron chi connectivity index (χ3n) is 4.57. The number of amides is 1. The molecule has 1 atom stereocenters. The van der Waals surface area contributed by atoms with E-state index in [9.17, 15) is 4.79 Å². The van der Waals surface area contributed by atoms with Crippen LogP contribution in [0.25, 0.3) is 0 Å². The fourth-order valence-corrected chi connectivity index (χ4v) is 3.44. The number of methoxy groups -OCH3 is 1. The van der Waals surface area contributed by atoms with Crippen LogP contribution in [0, 0.1) is 13.8 Å². The zero-order valence-corrected chi connectivity index (χ0v) is 16.9. The van der Waals surface area contributed by atoms with E-state index in [4.69, 9.17) is 16.3 Å². The minimum atomic E-state index is -0.0737. The summed E-state index contributed by atoms with van der Waals surface area (Å²) in [7, 11) is 1.66. The van der Waals surface area contributed by atoms with E-state index in [2.05, 4.69) is 23.2 Å². The number of anilines is 1. The Labute approximate surface area is 161 Å². The molecular weight excluding hydrogens is 348 g/mol. The highest BCUT2D eigenvalue weighted by molar-refractivity contribution is 6.34. The van der Waals surface area contributed by atoms with Crippen molar-refractivity contribution in [2.75, 3.05) is 25.5 Å². The number of carbonyl (C=O) groups excluding carboxylic acids is 1. The van der Waals surface area contributed by atoms with Gasteiger partial charge in [-0.1, -0.05) is 36.7 Å². The van der Waals surface area contributed by atoms with Crippen LogP contribution < -0.4 is 10.1 Å². The van der Waals surface area contributed by atoms with Crippen LogP contribution in [0.5, 0.6) is 5.75 Å². The van der Waals surface area contributed by atoms with E-state index in [0.717, 1.165) is 29.0 Å². The number of benzene rings is 2. The molecule has 0 aliphatic carbocycles. The monoisotopic (exact) mass is 374 g/mol. The van der Waals surface area contributed by atoms with Gasteiger partial charge in [0.15, 0.2) is 0 Å². The molecule has 26 heavy (non-hydrogen) atoms. The van der Waals surface area contributed by atoms with Crippen LogP contribution in [-0.4, -0.2) is 31.0 Å². The number of nitrogens with zero attached hydrogens (tertiary/aromatic N) is 1. The summed E-state index contributed by atoms with van der Waals surface area (Å²) in [6.07, 6.45) is 0. The van der Waals surface area contributed by atoms with E-state index in [1.165, 1.54) is 0 Å². The van der Waals surface area contributed by atoms with Gasteiger partial charge in [-0.2, -0.15) is 0 Å². The molecule has 5 heteroatoms. The van der Waals surface area contributed by atoms with Crippen molar-refractivity contribution >= 4 is 23.2 Å². The topological polar surface area (TPSA) is 41.6 Å². The molecule has 2 rings (SSSR count). The van der Waals surface area contributed by atoms with E-state index in [1.807, 2.05) is 51.1 Å². The van der Waals surface area contributed by atoms with Gasteiger partial charge in [0, 0.05) is 6.04 Å². The third kappa shape index (κ3) is 4.99. The van der Waals surface area contributed by atoms with E-state index in [1.54, 1.807) is 7.11 Å². The molecule has 0 fully saturated rings. The second-order valence-electron chi connectivity index (χ2n) is 6.50. The Bertz CT molecular complexity index is 753. The van der Waals surface area contributed by atoms with Gasteiger partial charge in [-0.15, -0.1) is 0 Å². The summed E-state index contributed by atoms with van der Waals surface area (Å²) in [4.78, 5) is 14.7. The molecule has 0 aliphatic heterocycles. The first-order valence-electron chi connectivity index (χ1n) is 8.80. The van der Waals surface area contributed by atoms with Crippen molar-refractivity contribution < 1.29 is 9.53 Å². The summed E-state index contributed by atoms with van der Waals surface area (Å²) in [5, 5.41) is 3.53. The second kappa shape index (κ2) is 9.06. The van der Waals surface area contributed by atoms with Gasteiger partial charge in [0.25, 0.3) is 0 Å². The number of halogens is 1. The first-order chi connectivity index (χ1) is 12.3. The average Bonchev–Trinajstić information content (AvgIpc) is 2.62. The summed E-state index contributed by atoms with van der Waals surface area (Å²) < 4.78 is 5.30. The van der Waals surface area contributed by atoms with Crippen molar-refractivity contribution in [3.05, 3.63) is 58.1 Å². The third-order valence-corrected chi connectivity index (χ3v) is 4.87. The van der Waals surface area contributed by atoms with Crippen LogP contribution in [0.1, 0.15) is 36.6 Å². The fraction of sp³-hybridized carbons (Fsp3) is 0.381. The van der Waals surface area contributed by atoms with Gasteiger partial charge >= 0.3 is 0 Å². The molecule has 0 saturated heterocycles. The van der Waals surface area contributed by atoms with Gasteiger partial charge in [-0.25, -0.2) is 0 Å². The molecule has 2 aromatic carbocycles. The quantitative estimate of drug-likeness (QED) is 0.742. The maximum atomic E-state index is 12.6. The first-order valence-corrected chi connectivity index (χ1v) is 9.18. The minimum absolute atomic E-state index is 0.0737. The number of likely N-dealkylation sites (N-methyl/N-ethyl adjacent to an activating group) is 1. The molecule has 4 nitrogen and oxygen atoms in total. The minimum Gasteiger partial charge on any atom is -0.497 e. The number of hydrogen-bond acceptors (Lipinski definition) is 3. The first kappa shape index (κ1) is 20.3. The smallest absolute Gasteiger partial charge is 0.238 e. The Morgan fingerprint density at radius 3 is 2.62 bits per heavy atom.